The Bertz CT molecular complexity index is 466. The average molecular weight is 290 g/mol. The Hall–Kier alpha value is -1.84. The summed E-state index contributed by atoms with van der Waals surface area (Å²) in [5.41, 5.74) is 2.05. The maximum Gasteiger partial charge on any atom is 0.226 e. The Balaban J connectivity index is 2.47. The zero-order valence-electron chi connectivity index (χ0n) is 13.5. The Morgan fingerprint density at radius 3 is 2.24 bits per heavy atom. The van der Waals surface area contributed by atoms with Gasteiger partial charge in [0, 0.05) is 32.1 Å². The van der Waals surface area contributed by atoms with E-state index in [0.717, 1.165) is 12.1 Å². The van der Waals surface area contributed by atoms with Gasteiger partial charge in [0.1, 0.15) is 0 Å². The molecular weight excluding hydrogens is 264 g/mol. The van der Waals surface area contributed by atoms with Gasteiger partial charge in [0.25, 0.3) is 0 Å². The van der Waals surface area contributed by atoms with E-state index in [1.165, 1.54) is 12.5 Å². The van der Waals surface area contributed by atoms with Crippen molar-refractivity contribution in [3.05, 3.63) is 29.8 Å². The molecule has 2 amide bonds. The fourth-order valence-corrected chi connectivity index (χ4v) is 2.11. The van der Waals surface area contributed by atoms with Gasteiger partial charge >= 0.3 is 0 Å². The predicted octanol–water partition coefficient (Wildman–Crippen LogP) is 3.40. The Morgan fingerprint density at radius 1 is 1.14 bits per heavy atom. The number of rotatable bonds is 7. The highest BCUT2D eigenvalue weighted by Gasteiger charge is 2.10. The Labute approximate surface area is 127 Å². The summed E-state index contributed by atoms with van der Waals surface area (Å²) in [4.78, 5) is 25.0. The first-order chi connectivity index (χ1) is 9.93. The third kappa shape index (κ3) is 5.98. The number of amides is 2. The van der Waals surface area contributed by atoms with Crippen LogP contribution in [0.5, 0.6) is 0 Å². The number of hydrogen-bond donors (Lipinski definition) is 1. The van der Waals surface area contributed by atoms with Crippen LogP contribution in [0, 0.1) is 0 Å². The molecule has 0 atom stereocenters. The second-order valence-electron chi connectivity index (χ2n) is 5.58. The number of carbonyl (C=O) groups is 2. The molecule has 1 aromatic rings. The maximum absolute atomic E-state index is 11.9. The van der Waals surface area contributed by atoms with E-state index in [2.05, 4.69) is 19.2 Å². The molecule has 1 aromatic carbocycles. The molecular formula is C17H26N2O2. The average Bonchev–Trinajstić information content (AvgIpc) is 2.43. The van der Waals surface area contributed by atoms with Gasteiger partial charge in [0.05, 0.1) is 0 Å². The molecule has 0 heterocycles. The van der Waals surface area contributed by atoms with E-state index in [4.69, 9.17) is 0 Å². The fraction of sp³-hybridized carbons (Fsp3) is 0.529. The van der Waals surface area contributed by atoms with Crippen molar-refractivity contribution in [3.63, 3.8) is 0 Å². The third-order valence-electron chi connectivity index (χ3n) is 3.41. The number of carbonyl (C=O) groups excluding carboxylic acids is 2. The zero-order valence-corrected chi connectivity index (χ0v) is 13.5. The van der Waals surface area contributed by atoms with Crippen LogP contribution in [0.4, 0.5) is 5.69 Å². The summed E-state index contributed by atoms with van der Waals surface area (Å²) in [6.45, 7) is 9.00. The minimum Gasteiger partial charge on any atom is -0.342 e. The molecule has 0 spiro atoms. The normalized spacial score (nSPS) is 10.5. The van der Waals surface area contributed by atoms with E-state index in [9.17, 15) is 9.59 Å². The minimum atomic E-state index is -0.0605. The zero-order chi connectivity index (χ0) is 15.8. The summed E-state index contributed by atoms with van der Waals surface area (Å²) < 4.78 is 0. The highest BCUT2D eigenvalue weighted by Crippen LogP contribution is 2.17. The molecule has 0 radical (unpaired) electrons. The molecule has 21 heavy (non-hydrogen) atoms. The molecule has 0 saturated heterocycles. The number of hydrogen-bond acceptors (Lipinski definition) is 2. The molecule has 0 fully saturated rings. The van der Waals surface area contributed by atoms with Gasteiger partial charge in [0.15, 0.2) is 0 Å². The second kappa shape index (κ2) is 8.45. The van der Waals surface area contributed by atoms with Crippen LogP contribution < -0.4 is 5.32 Å². The van der Waals surface area contributed by atoms with Crippen molar-refractivity contribution in [1.29, 1.82) is 0 Å². The first-order valence-electron chi connectivity index (χ1n) is 7.59. The number of anilines is 1. The molecule has 0 unspecified atom stereocenters. The summed E-state index contributed by atoms with van der Waals surface area (Å²) in [7, 11) is 0. The number of nitrogens with zero attached hydrogens (tertiary/aromatic N) is 1. The van der Waals surface area contributed by atoms with E-state index >= 15 is 0 Å². The van der Waals surface area contributed by atoms with Gasteiger partial charge in [0.2, 0.25) is 11.8 Å². The molecule has 0 aromatic heterocycles. The smallest absolute Gasteiger partial charge is 0.226 e. The van der Waals surface area contributed by atoms with E-state index in [1.54, 1.807) is 4.90 Å². The first kappa shape index (κ1) is 17.2. The standard InChI is InChI=1S/C17H26N2O2/c1-5-11-19(14(4)20)12-10-17(21)18-16-8-6-15(7-9-16)13(2)3/h6-9,13H,5,10-12H2,1-4H3,(H,18,21). The van der Waals surface area contributed by atoms with E-state index in [1.807, 2.05) is 31.2 Å². The fourth-order valence-electron chi connectivity index (χ4n) is 2.11. The van der Waals surface area contributed by atoms with Gasteiger partial charge < -0.3 is 10.2 Å². The third-order valence-corrected chi connectivity index (χ3v) is 3.41. The molecule has 0 saturated carbocycles. The highest BCUT2D eigenvalue weighted by atomic mass is 16.2. The topological polar surface area (TPSA) is 49.4 Å². The predicted molar refractivity (Wildman–Crippen MR) is 86.3 cm³/mol. The van der Waals surface area contributed by atoms with Crippen LogP contribution in [-0.4, -0.2) is 29.8 Å². The monoisotopic (exact) mass is 290 g/mol. The molecule has 116 valence electrons. The summed E-state index contributed by atoms with van der Waals surface area (Å²) in [6.07, 6.45) is 1.23. The molecule has 4 nitrogen and oxygen atoms in total. The van der Waals surface area contributed by atoms with Gasteiger partial charge in [-0.25, -0.2) is 0 Å². The van der Waals surface area contributed by atoms with Crippen LogP contribution >= 0.6 is 0 Å². The summed E-state index contributed by atoms with van der Waals surface area (Å²) >= 11 is 0. The van der Waals surface area contributed by atoms with Crippen LogP contribution in [0.15, 0.2) is 24.3 Å². The van der Waals surface area contributed by atoms with Crippen molar-refractivity contribution >= 4 is 17.5 Å². The summed E-state index contributed by atoms with van der Waals surface area (Å²) in [6, 6.07) is 7.89. The van der Waals surface area contributed by atoms with Gasteiger partial charge in [-0.2, -0.15) is 0 Å². The van der Waals surface area contributed by atoms with Crippen LogP contribution in [0.3, 0.4) is 0 Å². The number of nitrogens with one attached hydrogen (secondary N) is 1. The lowest BCUT2D eigenvalue weighted by atomic mass is 10.0. The van der Waals surface area contributed by atoms with Crippen molar-refractivity contribution in [2.24, 2.45) is 0 Å². The SMILES string of the molecule is CCCN(CCC(=O)Nc1ccc(C(C)C)cc1)C(C)=O. The lowest BCUT2D eigenvalue weighted by molar-refractivity contribution is -0.129. The van der Waals surface area contributed by atoms with Crippen molar-refractivity contribution in [2.75, 3.05) is 18.4 Å². The quantitative estimate of drug-likeness (QED) is 0.836. The van der Waals surface area contributed by atoms with Gasteiger partial charge in [-0.3, -0.25) is 9.59 Å². The lowest BCUT2D eigenvalue weighted by Crippen LogP contribution is -2.32. The molecule has 0 bridgehead atoms. The van der Waals surface area contributed by atoms with E-state index in [0.29, 0.717) is 25.4 Å². The van der Waals surface area contributed by atoms with Gasteiger partial charge in [-0.1, -0.05) is 32.9 Å². The second-order valence-corrected chi connectivity index (χ2v) is 5.58. The molecule has 0 aliphatic rings. The molecule has 1 rings (SSSR count). The summed E-state index contributed by atoms with van der Waals surface area (Å²) in [5, 5.41) is 2.87. The van der Waals surface area contributed by atoms with Crippen LogP contribution in [0.25, 0.3) is 0 Å². The van der Waals surface area contributed by atoms with Crippen molar-refractivity contribution in [1.82, 2.24) is 4.90 Å². The highest BCUT2D eigenvalue weighted by molar-refractivity contribution is 5.91. The largest absolute Gasteiger partial charge is 0.342 e. The van der Waals surface area contributed by atoms with Crippen LogP contribution in [0.1, 0.15) is 52.0 Å². The molecule has 4 heteroatoms. The lowest BCUT2D eigenvalue weighted by Gasteiger charge is -2.19. The van der Waals surface area contributed by atoms with E-state index < -0.39 is 0 Å². The molecule has 1 N–H and O–H groups in total. The van der Waals surface area contributed by atoms with Crippen LogP contribution in [-0.2, 0) is 9.59 Å². The summed E-state index contributed by atoms with van der Waals surface area (Å²) in [5.74, 6) is 0.438. The van der Waals surface area contributed by atoms with Crippen molar-refractivity contribution in [2.45, 2.75) is 46.5 Å². The molecule has 0 aliphatic carbocycles. The first-order valence-corrected chi connectivity index (χ1v) is 7.59. The van der Waals surface area contributed by atoms with Crippen molar-refractivity contribution in [3.8, 4) is 0 Å². The van der Waals surface area contributed by atoms with E-state index in [-0.39, 0.29) is 11.8 Å². The van der Waals surface area contributed by atoms with Gasteiger partial charge in [-0.05, 0) is 30.0 Å². The van der Waals surface area contributed by atoms with Crippen molar-refractivity contribution < 1.29 is 9.59 Å². The number of benzene rings is 1. The van der Waals surface area contributed by atoms with Gasteiger partial charge in [-0.15, -0.1) is 0 Å². The maximum atomic E-state index is 11.9. The van der Waals surface area contributed by atoms with Crippen LogP contribution in [0.2, 0.25) is 0 Å². The Kier molecular flexibility index (Phi) is 6.92. The molecule has 0 aliphatic heterocycles. The minimum absolute atomic E-state index is 0.0194. The Morgan fingerprint density at radius 2 is 1.76 bits per heavy atom.